The maximum Gasteiger partial charge on any atom is 0.272 e. The van der Waals surface area contributed by atoms with Crippen LogP contribution in [-0.4, -0.2) is 57.6 Å². The van der Waals surface area contributed by atoms with E-state index >= 15 is 0 Å². The predicted molar refractivity (Wildman–Crippen MR) is 150 cm³/mol. The topological polar surface area (TPSA) is 61.7 Å². The fraction of sp³-hybridized carbons (Fsp3) is 0.433. The first-order valence-corrected chi connectivity index (χ1v) is 14.1. The van der Waals surface area contributed by atoms with Gasteiger partial charge in [-0.25, -0.2) is 0 Å². The Bertz CT molecular complexity index is 1260. The number of fused-ring (bicyclic) bond motifs is 1. The molecule has 2 amide bonds. The predicted octanol–water partition coefficient (Wildman–Crippen LogP) is 5.24. The molecule has 0 spiro atoms. The van der Waals surface area contributed by atoms with Crippen molar-refractivity contribution in [3.05, 3.63) is 82.6 Å². The molecule has 1 fully saturated rings. The van der Waals surface area contributed by atoms with Crippen LogP contribution in [0.1, 0.15) is 54.2 Å². The lowest BCUT2D eigenvalue weighted by molar-refractivity contribution is -0.119. The van der Waals surface area contributed by atoms with Crippen molar-refractivity contribution < 1.29 is 9.59 Å². The normalized spacial score (nSPS) is 17.1. The molecule has 3 aromatic rings. The molecule has 0 radical (unpaired) electrons. The Kier molecular flexibility index (Phi) is 8.45. The zero-order chi connectivity index (χ0) is 26.5. The zero-order valence-corrected chi connectivity index (χ0v) is 22.8. The van der Waals surface area contributed by atoms with Crippen LogP contribution in [0, 0.1) is 5.92 Å². The highest BCUT2D eigenvalue weighted by atomic mass is 35.5. The standard InChI is InChI=1S/C30H36ClN5O2/c1-2-15-36-27(13-14-32-36)30(38)34-19-18-33(21-23-7-4-3-5-8-23)16-6-17-35(29(37)24-9-10-24)28-20-26(31)12-11-25(28)22-34/h3-5,7-8,11-14,20,24H,2,6,9-10,15-19,21-22H2,1H3. The lowest BCUT2D eigenvalue weighted by atomic mass is 10.1. The number of nitrogens with zero attached hydrogens (tertiary/aromatic N) is 5. The fourth-order valence-electron chi connectivity index (χ4n) is 5.17. The molecule has 2 heterocycles. The van der Waals surface area contributed by atoms with E-state index in [0.29, 0.717) is 36.9 Å². The van der Waals surface area contributed by atoms with E-state index in [1.807, 2.05) is 34.1 Å². The molecule has 200 valence electrons. The van der Waals surface area contributed by atoms with E-state index in [9.17, 15) is 9.59 Å². The fourth-order valence-corrected chi connectivity index (χ4v) is 5.34. The van der Waals surface area contributed by atoms with Crippen LogP contribution in [0.2, 0.25) is 5.02 Å². The second-order valence-corrected chi connectivity index (χ2v) is 10.8. The molecule has 0 saturated heterocycles. The summed E-state index contributed by atoms with van der Waals surface area (Å²) in [5, 5.41) is 4.98. The number of rotatable bonds is 6. The first kappa shape index (κ1) is 26.4. The van der Waals surface area contributed by atoms with Crippen molar-refractivity contribution in [2.75, 3.05) is 31.1 Å². The maximum atomic E-state index is 13.9. The van der Waals surface area contributed by atoms with Gasteiger partial charge in [0.05, 0.1) is 5.69 Å². The number of aromatic nitrogens is 2. The summed E-state index contributed by atoms with van der Waals surface area (Å²) in [6, 6.07) is 17.9. The monoisotopic (exact) mass is 533 g/mol. The van der Waals surface area contributed by atoms with Gasteiger partial charge in [0.1, 0.15) is 5.69 Å². The molecule has 1 aromatic heterocycles. The molecule has 2 aromatic carbocycles. The van der Waals surface area contributed by atoms with Gasteiger partial charge in [-0.05, 0) is 55.0 Å². The Labute approximate surface area is 230 Å². The summed E-state index contributed by atoms with van der Waals surface area (Å²) in [6.45, 7) is 6.74. The molecule has 0 atom stereocenters. The Morgan fingerprint density at radius 3 is 2.58 bits per heavy atom. The maximum absolute atomic E-state index is 13.9. The van der Waals surface area contributed by atoms with E-state index in [1.54, 1.807) is 16.9 Å². The molecule has 2 aliphatic rings. The van der Waals surface area contributed by atoms with Crippen LogP contribution in [0.5, 0.6) is 0 Å². The molecule has 0 unspecified atom stereocenters. The first-order chi connectivity index (χ1) is 18.5. The summed E-state index contributed by atoms with van der Waals surface area (Å²) in [4.78, 5) is 33.6. The van der Waals surface area contributed by atoms with Crippen LogP contribution in [-0.2, 0) is 24.4 Å². The first-order valence-electron chi connectivity index (χ1n) is 13.7. The SMILES string of the molecule is CCCn1nccc1C(=O)N1CCN(Cc2ccccc2)CCCN(C(=O)C2CC2)c2cc(Cl)ccc2C1. The lowest BCUT2D eigenvalue weighted by Gasteiger charge is -2.28. The van der Waals surface area contributed by atoms with Gasteiger partial charge in [0, 0.05) is 63.0 Å². The van der Waals surface area contributed by atoms with Crippen molar-refractivity contribution in [1.82, 2.24) is 19.6 Å². The number of hydrogen-bond donors (Lipinski definition) is 0. The summed E-state index contributed by atoms with van der Waals surface area (Å²) in [7, 11) is 0. The number of halogens is 1. The van der Waals surface area contributed by atoms with E-state index in [0.717, 1.165) is 56.6 Å². The van der Waals surface area contributed by atoms with Gasteiger partial charge >= 0.3 is 0 Å². The van der Waals surface area contributed by atoms with Gasteiger partial charge < -0.3 is 9.80 Å². The Balaban J connectivity index is 1.49. The quantitative estimate of drug-likeness (QED) is 0.435. The molecule has 1 aliphatic heterocycles. The van der Waals surface area contributed by atoms with Gasteiger partial charge in [-0.1, -0.05) is 54.9 Å². The molecule has 5 rings (SSSR count). The third kappa shape index (κ3) is 6.27. The number of aryl methyl sites for hydroxylation is 1. The smallest absolute Gasteiger partial charge is 0.272 e. The third-order valence-electron chi connectivity index (χ3n) is 7.34. The van der Waals surface area contributed by atoms with Gasteiger partial charge in [0.2, 0.25) is 5.91 Å². The largest absolute Gasteiger partial charge is 0.332 e. The minimum absolute atomic E-state index is 0.0455. The van der Waals surface area contributed by atoms with Crippen LogP contribution in [0.3, 0.4) is 0 Å². The third-order valence-corrected chi connectivity index (χ3v) is 7.58. The molecule has 1 saturated carbocycles. The molecular weight excluding hydrogens is 498 g/mol. The summed E-state index contributed by atoms with van der Waals surface area (Å²) in [6.07, 6.45) is 5.32. The summed E-state index contributed by atoms with van der Waals surface area (Å²) < 4.78 is 1.79. The highest BCUT2D eigenvalue weighted by Crippen LogP contribution is 2.35. The summed E-state index contributed by atoms with van der Waals surface area (Å²) in [5.74, 6) is 0.214. The van der Waals surface area contributed by atoms with Gasteiger partial charge in [-0.2, -0.15) is 5.10 Å². The molecule has 8 heteroatoms. The Hall–Kier alpha value is -3.16. The highest BCUT2D eigenvalue weighted by Gasteiger charge is 2.35. The second kappa shape index (κ2) is 12.1. The van der Waals surface area contributed by atoms with Gasteiger partial charge in [-0.3, -0.25) is 19.2 Å². The molecular formula is C30H36ClN5O2. The highest BCUT2D eigenvalue weighted by molar-refractivity contribution is 6.31. The second-order valence-electron chi connectivity index (χ2n) is 10.3. The van der Waals surface area contributed by atoms with Crippen LogP contribution in [0.25, 0.3) is 0 Å². The molecule has 0 N–H and O–H groups in total. The van der Waals surface area contributed by atoms with Gasteiger partial charge in [0.25, 0.3) is 5.91 Å². The minimum atomic E-state index is -0.0455. The average Bonchev–Trinajstić information content (AvgIpc) is 3.68. The van der Waals surface area contributed by atoms with Crippen molar-refractivity contribution in [2.45, 2.75) is 52.2 Å². The number of carbonyl (C=O) groups is 2. The van der Waals surface area contributed by atoms with E-state index in [2.05, 4.69) is 41.2 Å². The van der Waals surface area contributed by atoms with Crippen molar-refractivity contribution in [2.24, 2.45) is 5.92 Å². The number of carbonyl (C=O) groups excluding carboxylic acids is 2. The van der Waals surface area contributed by atoms with Gasteiger partial charge in [0.15, 0.2) is 0 Å². The van der Waals surface area contributed by atoms with Crippen LogP contribution in [0.4, 0.5) is 5.69 Å². The van der Waals surface area contributed by atoms with Crippen molar-refractivity contribution in [3.8, 4) is 0 Å². The number of benzene rings is 2. The summed E-state index contributed by atoms with van der Waals surface area (Å²) in [5.41, 5.74) is 3.60. The Morgan fingerprint density at radius 1 is 1.00 bits per heavy atom. The van der Waals surface area contributed by atoms with Crippen molar-refractivity contribution >= 4 is 29.1 Å². The minimum Gasteiger partial charge on any atom is -0.332 e. The number of anilines is 1. The zero-order valence-electron chi connectivity index (χ0n) is 22.1. The number of hydrogen-bond acceptors (Lipinski definition) is 4. The molecule has 38 heavy (non-hydrogen) atoms. The van der Waals surface area contributed by atoms with E-state index < -0.39 is 0 Å². The van der Waals surface area contributed by atoms with Crippen molar-refractivity contribution in [1.29, 1.82) is 0 Å². The van der Waals surface area contributed by atoms with Crippen LogP contribution < -0.4 is 4.90 Å². The molecule has 0 bridgehead atoms. The summed E-state index contributed by atoms with van der Waals surface area (Å²) >= 11 is 6.45. The Morgan fingerprint density at radius 2 is 1.82 bits per heavy atom. The van der Waals surface area contributed by atoms with Crippen LogP contribution in [0.15, 0.2) is 60.8 Å². The average molecular weight is 534 g/mol. The van der Waals surface area contributed by atoms with E-state index in [1.165, 1.54) is 5.56 Å². The number of amides is 2. The van der Waals surface area contributed by atoms with Gasteiger partial charge in [-0.15, -0.1) is 0 Å². The van der Waals surface area contributed by atoms with E-state index in [4.69, 9.17) is 11.6 Å². The lowest BCUT2D eigenvalue weighted by Crippen LogP contribution is -2.39. The van der Waals surface area contributed by atoms with Crippen LogP contribution >= 0.6 is 11.6 Å². The van der Waals surface area contributed by atoms with Crippen molar-refractivity contribution in [3.63, 3.8) is 0 Å². The molecule has 7 nitrogen and oxygen atoms in total. The van der Waals surface area contributed by atoms with E-state index in [-0.39, 0.29) is 17.7 Å². The molecule has 1 aliphatic carbocycles.